The van der Waals surface area contributed by atoms with Crippen molar-refractivity contribution in [1.82, 2.24) is 8.61 Å². The molecular weight excluding hydrogens is 411 g/mol. The molecule has 2 unspecified atom stereocenters. The molecule has 0 radical (unpaired) electrons. The number of urea groups is 1. The van der Waals surface area contributed by atoms with Crippen LogP contribution in [0.1, 0.15) is 26.7 Å². The molecule has 0 aliphatic carbocycles. The van der Waals surface area contributed by atoms with Crippen LogP contribution in [0, 0.1) is 20.2 Å². The van der Waals surface area contributed by atoms with Crippen molar-refractivity contribution in [3.63, 3.8) is 0 Å². The summed E-state index contributed by atoms with van der Waals surface area (Å²) in [5.74, 6) is -2.81. The highest BCUT2D eigenvalue weighted by Gasteiger charge is 2.56. The van der Waals surface area contributed by atoms with Gasteiger partial charge in [-0.05, 0) is 23.2 Å². The number of nitro groups is 2. The monoisotopic (exact) mass is 420 g/mol. The maximum absolute atomic E-state index is 12.2. The third kappa shape index (κ3) is 3.68. The standard InChI is InChI=1S/C9H10Cl2N4O7S2/c1-3-8(10,14(19)20)23-12-5(16)6(17)13(7(12)18)24-9(11,4-2)15(21)22/h3-4H2,1-2H3. The van der Waals surface area contributed by atoms with E-state index in [1.165, 1.54) is 13.8 Å². The Balaban J connectivity index is 3.09. The molecule has 1 saturated heterocycles. The van der Waals surface area contributed by atoms with E-state index >= 15 is 0 Å². The molecule has 0 spiro atoms. The predicted octanol–water partition coefficient (Wildman–Crippen LogP) is 2.23. The van der Waals surface area contributed by atoms with Gasteiger partial charge in [-0.1, -0.05) is 13.8 Å². The van der Waals surface area contributed by atoms with Crippen molar-refractivity contribution in [2.24, 2.45) is 0 Å². The normalized spacial score (nSPS) is 20.1. The molecule has 0 aromatic heterocycles. The first-order chi connectivity index (χ1) is 10.9. The van der Waals surface area contributed by atoms with Crippen LogP contribution in [0.4, 0.5) is 4.79 Å². The maximum Gasteiger partial charge on any atom is 0.359 e. The lowest BCUT2D eigenvalue weighted by Gasteiger charge is -2.21. The van der Waals surface area contributed by atoms with Gasteiger partial charge >= 0.3 is 26.5 Å². The van der Waals surface area contributed by atoms with E-state index in [4.69, 9.17) is 23.2 Å². The van der Waals surface area contributed by atoms with Crippen molar-refractivity contribution in [1.29, 1.82) is 0 Å². The van der Waals surface area contributed by atoms with Gasteiger partial charge in [0, 0.05) is 12.8 Å². The molecule has 4 amide bonds. The number of rotatable bonds is 8. The quantitative estimate of drug-likeness (QED) is 0.0842. The van der Waals surface area contributed by atoms with Gasteiger partial charge in [-0.3, -0.25) is 29.8 Å². The molecule has 24 heavy (non-hydrogen) atoms. The minimum atomic E-state index is -2.25. The Bertz CT molecular complexity index is 573. The number of carbonyl (C=O) groups is 3. The molecule has 1 aliphatic rings. The molecule has 15 heteroatoms. The lowest BCUT2D eigenvalue weighted by atomic mass is 10.5. The van der Waals surface area contributed by atoms with Crippen molar-refractivity contribution in [3.05, 3.63) is 20.2 Å². The number of imide groups is 2. The van der Waals surface area contributed by atoms with E-state index in [2.05, 4.69) is 0 Å². The molecule has 0 aromatic rings. The molecule has 1 rings (SSSR count). The molecule has 1 heterocycles. The highest BCUT2D eigenvalue weighted by molar-refractivity contribution is 8.02. The smallest absolute Gasteiger partial charge is 0.262 e. The number of carbonyl (C=O) groups excluding carboxylic acids is 3. The van der Waals surface area contributed by atoms with Crippen LogP contribution in [0.5, 0.6) is 0 Å². The first-order valence-electron chi connectivity index (χ1n) is 6.21. The average molecular weight is 421 g/mol. The van der Waals surface area contributed by atoms with Gasteiger partial charge in [0.1, 0.15) is 0 Å². The Morgan fingerprint density at radius 1 is 0.917 bits per heavy atom. The van der Waals surface area contributed by atoms with E-state index in [0.29, 0.717) is 0 Å². The van der Waals surface area contributed by atoms with Crippen LogP contribution < -0.4 is 0 Å². The van der Waals surface area contributed by atoms with Crippen molar-refractivity contribution in [2.45, 2.75) is 35.3 Å². The third-order valence-corrected chi connectivity index (χ3v) is 6.45. The summed E-state index contributed by atoms with van der Waals surface area (Å²) in [5, 5.41) is 21.9. The Morgan fingerprint density at radius 3 is 1.42 bits per heavy atom. The lowest BCUT2D eigenvalue weighted by molar-refractivity contribution is -0.513. The Morgan fingerprint density at radius 2 is 1.21 bits per heavy atom. The van der Waals surface area contributed by atoms with Gasteiger partial charge < -0.3 is 0 Å². The fraction of sp³-hybridized carbons (Fsp3) is 0.667. The van der Waals surface area contributed by atoms with E-state index in [1.807, 2.05) is 0 Å². The molecule has 1 fully saturated rings. The summed E-state index contributed by atoms with van der Waals surface area (Å²) in [7, 11) is 0. The van der Waals surface area contributed by atoms with Crippen LogP contribution in [-0.2, 0) is 9.59 Å². The minimum absolute atomic E-state index is 0.0403. The second kappa shape index (κ2) is 7.29. The SMILES string of the molecule is CCC(Cl)(SN1C(=O)C(=O)N(SC(Cl)(CC)[N+](=O)[O-])C1=O)[N+](=O)[O-]. The van der Waals surface area contributed by atoms with E-state index in [9.17, 15) is 34.6 Å². The van der Waals surface area contributed by atoms with Crippen molar-refractivity contribution in [3.8, 4) is 0 Å². The molecule has 0 saturated carbocycles. The highest BCUT2D eigenvalue weighted by Crippen LogP contribution is 2.43. The Labute approximate surface area is 153 Å². The van der Waals surface area contributed by atoms with Gasteiger partial charge in [0.25, 0.3) is 0 Å². The van der Waals surface area contributed by atoms with Crippen LogP contribution in [0.15, 0.2) is 0 Å². The number of halogens is 2. The topological polar surface area (TPSA) is 144 Å². The van der Waals surface area contributed by atoms with E-state index in [0.717, 1.165) is 0 Å². The highest BCUT2D eigenvalue weighted by atomic mass is 35.5. The molecule has 2 atom stereocenters. The molecule has 134 valence electrons. The number of hydrogen-bond donors (Lipinski definition) is 0. The van der Waals surface area contributed by atoms with Crippen LogP contribution in [-0.4, -0.2) is 45.0 Å². The number of nitrogens with zero attached hydrogens (tertiary/aromatic N) is 4. The number of hydrogen-bond acceptors (Lipinski definition) is 9. The van der Waals surface area contributed by atoms with Crippen molar-refractivity contribution >= 4 is 64.9 Å². The van der Waals surface area contributed by atoms with Gasteiger partial charge in [0.05, 0.1) is 33.7 Å². The first kappa shape index (κ1) is 20.7. The summed E-state index contributed by atoms with van der Waals surface area (Å²) >= 11 is 11.5. The number of alkyl halides is 2. The lowest BCUT2D eigenvalue weighted by Crippen LogP contribution is -2.37. The summed E-state index contributed by atoms with van der Waals surface area (Å²) in [4.78, 5) is 56.0. The van der Waals surface area contributed by atoms with Crippen molar-refractivity contribution in [2.75, 3.05) is 0 Å². The molecule has 0 N–H and O–H groups in total. The van der Waals surface area contributed by atoms with Gasteiger partial charge in [0.15, 0.2) is 0 Å². The van der Waals surface area contributed by atoms with Crippen LogP contribution >= 0.6 is 47.1 Å². The molecule has 1 aliphatic heterocycles. The van der Waals surface area contributed by atoms with Crippen LogP contribution in [0.25, 0.3) is 0 Å². The van der Waals surface area contributed by atoms with E-state index < -0.39 is 36.4 Å². The molecule has 11 nitrogen and oxygen atoms in total. The fourth-order valence-corrected chi connectivity index (χ4v) is 3.38. The van der Waals surface area contributed by atoms with Crippen LogP contribution in [0.3, 0.4) is 0 Å². The van der Waals surface area contributed by atoms with E-state index in [-0.39, 0.29) is 45.3 Å². The average Bonchev–Trinajstić information content (AvgIpc) is 2.71. The minimum Gasteiger partial charge on any atom is -0.262 e. The summed E-state index contributed by atoms with van der Waals surface area (Å²) in [5.41, 5.74) is 0. The van der Waals surface area contributed by atoms with Crippen molar-refractivity contribution < 1.29 is 24.2 Å². The summed E-state index contributed by atoms with van der Waals surface area (Å²) in [6.45, 7) is 2.69. The second-order valence-electron chi connectivity index (χ2n) is 4.26. The van der Waals surface area contributed by atoms with Gasteiger partial charge in [0.2, 0.25) is 0 Å². The largest absolute Gasteiger partial charge is 0.359 e. The summed E-state index contributed by atoms with van der Waals surface area (Å²) < 4.78 is -4.11. The molecule has 0 bridgehead atoms. The summed E-state index contributed by atoms with van der Waals surface area (Å²) in [6.07, 6.45) is -0.540. The summed E-state index contributed by atoms with van der Waals surface area (Å²) in [6, 6.07) is -1.30. The zero-order valence-corrected chi connectivity index (χ0v) is 15.3. The van der Waals surface area contributed by atoms with Gasteiger partial charge in [-0.25, -0.2) is 4.79 Å². The number of amides is 4. The van der Waals surface area contributed by atoms with Crippen LogP contribution in [0.2, 0.25) is 0 Å². The fourth-order valence-electron chi connectivity index (χ4n) is 1.32. The van der Waals surface area contributed by atoms with E-state index in [1.54, 1.807) is 0 Å². The first-order valence-corrected chi connectivity index (χ1v) is 8.51. The zero-order valence-electron chi connectivity index (χ0n) is 12.1. The van der Waals surface area contributed by atoms with Gasteiger partial charge in [-0.2, -0.15) is 8.61 Å². The Kier molecular flexibility index (Phi) is 6.30. The molecule has 0 aromatic carbocycles. The second-order valence-corrected chi connectivity index (χ2v) is 8.41. The predicted molar refractivity (Wildman–Crippen MR) is 86.0 cm³/mol. The third-order valence-electron chi connectivity index (χ3n) is 2.78. The zero-order chi connectivity index (χ0) is 18.9. The molecular formula is C9H10Cl2N4O7S2. The Hall–Kier alpha value is -1.31. The van der Waals surface area contributed by atoms with Gasteiger partial charge in [-0.15, -0.1) is 0 Å². The maximum atomic E-state index is 12.2.